The maximum Gasteiger partial charge on any atom is 0.0482 e. The summed E-state index contributed by atoms with van der Waals surface area (Å²) in [5.74, 6) is 0.665. The topological polar surface area (TPSA) is 34.2 Å². The van der Waals surface area contributed by atoms with Gasteiger partial charge in [-0.05, 0) is 37.6 Å². The number of likely N-dealkylation sites (tertiary alicyclic amines) is 1. The van der Waals surface area contributed by atoms with E-state index >= 15 is 0 Å². The van der Waals surface area contributed by atoms with Gasteiger partial charge in [0.05, 0.1) is 0 Å². The van der Waals surface area contributed by atoms with Crippen LogP contribution in [0.5, 0.6) is 0 Å². The van der Waals surface area contributed by atoms with E-state index in [4.69, 9.17) is 5.73 Å². The summed E-state index contributed by atoms with van der Waals surface area (Å²) in [6.45, 7) is 6.87. The average molecular weight is 243 g/mol. The first-order valence-corrected chi connectivity index (χ1v) is 6.64. The molecule has 18 heavy (non-hydrogen) atoms. The van der Waals surface area contributed by atoms with E-state index in [2.05, 4.69) is 48.7 Å². The Hall–Kier alpha value is -1.48. The van der Waals surface area contributed by atoms with Crippen LogP contribution in [0.15, 0.2) is 24.4 Å². The molecule has 3 rings (SSSR count). The summed E-state index contributed by atoms with van der Waals surface area (Å²) >= 11 is 0. The van der Waals surface area contributed by atoms with Gasteiger partial charge in [0.2, 0.25) is 0 Å². The van der Waals surface area contributed by atoms with E-state index in [1.165, 1.54) is 29.6 Å². The van der Waals surface area contributed by atoms with Crippen molar-refractivity contribution in [1.29, 1.82) is 0 Å². The maximum atomic E-state index is 5.92. The minimum Gasteiger partial charge on any atom is -0.399 e. The lowest BCUT2D eigenvalue weighted by molar-refractivity contribution is 0.110. The van der Waals surface area contributed by atoms with Gasteiger partial charge in [0.25, 0.3) is 0 Å². The molecule has 1 fully saturated rings. The van der Waals surface area contributed by atoms with Crippen LogP contribution < -0.4 is 5.73 Å². The van der Waals surface area contributed by atoms with E-state index in [9.17, 15) is 0 Å². The van der Waals surface area contributed by atoms with Crippen LogP contribution in [-0.2, 0) is 7.05 Å². The quantitative estimate of drug-likeness (QED) is 0.823. The molecule has 2 heterocycles. The Morgan fingerprint density at radius 1 is 1.28 bits per heavy atom. The second-order valence-electron chi connectivity index (χ2n) is 5.72. The molecule has 0 unspecified atom stereocenters. The fourth-order valence-corrected chi connectivity index (χ4v) is 2.90. The molecule has 0 amide bonds. The average Bonchev–Trinajstić information content (AvgIpc) is 2.53. The predicted octanol–water partition coefficient (Wildman–Crippen LogP) is 2.57. The summed E-state index contributed by atoms with van der Waals surface area (Å²) in [4.78, 5) is 2.51. The molecule has 0 atom stereocenters. The highest BCUT2D eigenvalue weighted by Crippen LogP contribution is 2.35. The number of fused-ring (bicyclic) bond motifs is 1. The fraction of sp³-hybridized carbons (Fsp3) is 0.467. The van der Waals surface area contributed by atoms with Gasteiger partial charge in [0.15, 0.2) is 0 Å². The van der Waals surface area contributed by atoms with E-state index in [0.717, 1.165) is 5.69 Å². The highest BCUT2D eigenvalue weighted by molar-refractivity contribution is 5.87. The van der Waals surface area contributed by atoms with Crippen LogP contribution in [0.2, 0.25) is 0 Å². The van der Waals surface area contributed by atoms with Crippen LogP contribution in [0, 0.1) is 0 Å². The molecule has 0 spiro atoms. The van der Waals surface area contributed by atoms with Crippen molar-refractivity contribution >= 4 is 16.6 Å². The standard InChI is InChI=1S/C15H21N3/c1-10(2)18-7-11(8-18)14-9-17(3)15-5-4-12(16)6-13(14)15/h4-6,9-11H,7-8,16H2,1-3H3. The van der Waals surface area contributed by atoms with Crippen molar-refractivity contribution in [2.24, 2.45) is 7.05 Å². The lowest BCUT2D eigenvalue weighted by Gasteiger charge is -2.42. The lowest BCUT2D eigenvalue weighted by atomic mass is 9.90. The number of rotatable bonds is 2. The number of aromatic nitrogens is 1. The summed E-state index contributed by atoms with van der Waals surface area (Å²) in [5, 5.41) is 1.32. The molecule has 0 radical (unpaired) electrons. The number of nitrogens with two attached hydrogens (primary N) is 1. The summed E-state index contributed by atoms with van der Waals surface area (Å²) < 4.78 is 2.21. The molecule has 1 aliphatic rings. The van der Waals surface area contributed by atoms with E-state index in [1.807, 2.05) is 6.07 Å². The van der Waals surface area contributed by atoms with Gasteiger partial charge < -0.3 is 10.3 Å². The molecule has 0 saturated carbocycles. The monoisotopic (exact) mass is 243 g/mol. The first-order chi connectivity index (χ1) is 8.56. The van der Waals surface area contributed by atoms with Crippen molar-refractivity contribution < 1.29 is 0 Å². The third-order valence-electron chi connectivity index (χ3n) is 4.12. The summed E-state index contributed by atoms with van der Waals surface area (Å²) in [7, 11) is 2.11. The minimum atomic E-state index is 0.654. The first-order valence-electron chi connectivity index (χ1n) is 6.64. The van der Waals surface area contributed by atoms with E-state index in [0.29, 0.717) is 12.0 Å². The smallest absolute Gasteiger partial charge is 0.0482 e. The largest absolute Gasteiger partial charge is 0.399 e. The number of hydrogen-bond donors (Lipinski definition) is 1. The fourth-order valence-electron chi connectivity index (χ4n) is 2.90. The number of aryl methyl sites for hydroxylation is 1. The molecular formula is C15H21N3. The molecule has 2 aromatic rings. The Balaban J connectivity index is 1.96. The molecule has 2 N–H and O–H groups in total. The van der Waals surface area contributed by atoms with Crippen molar-refractivity contribution in [3.63, 3.8) is 0 Å². The van der Waals surface area contributed by atoms with Crippen molar-refractivity contribution in [2.45, 2.75) is 25.8 Å². The van der Waals surface area contributed by atoms with Crippen LogP contribution in [-0.4, -0.2) is 28.6 Å². The molecule has 1 saturated heterocycles. The number of nitrogen functional groups attached to an aromatic ring is 1. The van der Waals surface area contributed by atoms with Gasteiger partial charge in [0.1, 0.15) is 0 Å². The Bertz CT molecular complexity index is 577. The highest BCUT2D eigenvalue weighted by atomic mass is 15.2. The molecule has 1 aliphatic heterocycles. The third kappa shape index (κ3) is 1.70. The highest BCUT2D eigenvalue weighted by Gasteiger charge is 2.31. The number of hydrogen-bond acceptors (Lipinski definition) is 2. The minimum absolute atomic E-state index is 0.654. The first kappa shape index (κ1) is 11.6. The second-order valence-corrected chi connectivity index (χ2v) is 5.72. The second kappa shape index (κ2) is 4.02. The Kier molecular flexibility index (Phi) is 2.59. The van der Waals surface area contributed by atoms with Gasteiger partial charge in [-0.2, -0.15) is 0 Å². The van der Waals surface area contributed by atoms with Crippen molar-refractivity contribution in [3.8, 4) is 0 Å². The van der Waals surface area contributed by atoms with Crippen molar-refractivity contribution in [2.75, 3.05) is 18.8 Å². The molecule has 1 aromatic carbocycles. The predicted molar refractivity (Wildman–Crippen MR) is 76.8 cm³/mol. The molecule has 0 bridgehead atoms. The molecule has 96 valence electrons. The van der Waals surface area contributed by atoms with Gasteiger partial charge in [-0.25, -0.2) is 0 Å². The number of anilines is 1. The Morgan fingerprint density at radius 3 is 2.67 bits per heavy atom. The Labute approximate surface area is 108 Å². The lowest BCUT2D eigenvalue weighted by Crippen LogP contribution is -2.48. The molecule has 3 heteroatoms. The maximum absolute atomic E-state index is 5.92. The number of benzene rings is 1. The van der Waals surface area contributed by atoms with Gasteiger partial charge in [0, 0.05) is 54.9 Å². The van der Waals surface area contributed by atoms with E-state index < -0.39 is 0 Å². The van der Waals surface area contributed by atoms with Crippen LogP contribution in [0.3, 0.4) is 0 Å². The van der Waals surface area contributed by atoms with Gasteiger partial charge >= 0.3 is 0 Å². The zero-order valence-corrected chi connectivity index (χ0v) is 11.4. The molecule has 0 aliphatic carbocycles. The molecule has 1 aromatic heterocycles. The summed E-state index contributed by atoms with van der Waals surface area (Å²) in [6.07, 6.45) is 2.27. The zero-order chi connectivity index (χ0) is 12.9. The van der Waals surface area contributed by atoms with Gasteiger partial charge in [-0.15, -0.1) is 0 Å². The SMILES string of the molecule is CC(C)N1CC(c2cn(C)c3ccc(N)cc23)C1. The van der Waals surface area contributed by atoms with Crippen LogP contribution in [0.4, 0.5) is 5.69 Å². The van der Waals surface area contributed by atoms with Crippen molar-refractivity contribution in [3.05, 3.63) is 30.0 Å². The zero-order valence-electron chi connectivity index (χ0n) is 11.4. The van der Waals surface area contributed by atoms with Crippen LogP contribution in [0.25, 0.3) is 10.9 Å². The normalized spacial score (nSPS) is 17.6. The van der Waals surface area contributed by atoms with Crippen LogP contribution >= 0.6 is 0 Å². The summed E-state index contributed by atoms with van der Waals surface area (Å²) in [5.41, 5.74) is 9.51. The summed E-state index contributed by atoms with van der Waals surface area (Å²) in [6, 6.07) is 6.87. The van der Waals surface area contributed by atoms with E-state index in [1.54, 1.807) is 0 Å². The van der Waals surface area contributed by atoms with E-state index in [-0.39, 0.29) is 0 Å². The molecule has 3 nitrogen and oxygen atoms in total. The Morgan fingerprint density at radius 2 is 2.00 bits per heavy atom. The number of nitrogens with zero attached hydrogens (tertiary/aromatic N) is 2. The molecular weight excluding hydrogens is 222 g/mol. The van der Waals surface area contributed by atoms with Crippen LogP contribution in [0.1, 0.15) is 25.3 Å². The van der Waals surface area contributed by atoms with Crippen molar-refractivity contribution in [1.82, 2.24) is 9.47 Å². The van der Waals surface area contributed by atoms with Gasteiger partial charge in [-0.1, -0.05) is 0 Å². The van der Waals surface area contributed by atoms with Gasteiger partial charge in [-0.3, -0.25) is 4.90 Å². The third-order valence-corrected chi connectivity index (χ3v) is 4.12.